The molecule has 0 aliphatic carbocycles. The van der Waals surface area contributed by atoms with Gasteiger partial charge in [-0.1, -0.05) is 18.2 Å². The second kappa shape index (κ2) is 7.07. The van der Waals surface area contributed by atoms with E-state index in [1.54, 1.807) is 6.92 Å². The Labute approximate surface area is 117 Å². The average molecular weight is 277 g/mol. The van der Waals surface area contributed by atoms with Crippen LogP contribution in [0.1, 0.15) is 17.4 Å². The van der Waals surface area contributed by atoms with E-state index in [4.69, 9.17) is 14.6 Å². The number of aromatic nitrogens is 1. The summed E-state index contributed by atoms with van der Waals surface area (Å²) in [5, 5.41) is 9.70. The highest BCUT2D eigenvalue weighted by atomic mass is 16.5. The molecule has 0 saturated heterocycles. The number of carbonyl (C=O) groups excluding carboxylic acids is 1. The lowest BCUT2D eigenvalue weighted by Gasteiger charge is -2.10. The van der Waals surface area contributed by atoms with Gasteiger partial charge >= 0.3 is 5.97 Å². The van der Waals surface area contributed by atoms with Gasteiger partial charge in [0, 0.05) is 17.4 Å². The Morgan fingerprint density at radius 1 is 1.30 bits per heavy atom. The third kappa shape index (κ3) is 3.18. The molecule has 0 atom stereocenters. The fraction of sp³-hybridized carbons (Fsp3) is 0.400. The number of hydrogen-bond donors (Lipinski definition) is 1. The van der Waals surface area contributed by atoms with Crippen LogP contribution in [0.5, 0.6) is 0 Å². The van der Waals surface area contributed by atoms with E-state index in [0.29, 0.717) is 32.1 Å². The second-order valence-electron chi connectivity index (χ2n) is 4.30. The highest BCUT2D eigenvalue weighted by Gasteiger charge is 2.16. The summed E-state index contributed by atoms with van der Waals surface area (Å²) in [7, 11) is 0. The molecule has 1 aromatic heterocycles. The van der Waals surface area contributed by atoms with Crippen molar-refractivity contribution in [3.8, 4) is 0 Å². The molecule has 1 N–H and O–H groups in total. The molecule has 1 aromatic carbocycles. The minimum absolute atomic E-state index is 0.00282. The Morgan fingerprint density at radius 3 is 2.85 bits per heavy atom. The fourth-order valence-corrected chi connectivity index (χ4v) is 2.15. The number of carbonyl (C=O) groups is 1. The molecule has 20 heavy (non-hydrogen) atoms. The molecule has 0 saturated carbocycles. The maximum Gasteiger partial charge on any atom is 0.354 e. The SMILES string of the molecule is CCOC(=O)c1cc2ccccc2n1CCOCCO. The standard InChI is InChI=1S/C15H19NO4/c1-2-20-15(18)14-11-12-5-3-4-6-13(12)16(14)7-9-19-10-8-17/h3-6,11,17H,2,7-10H2,1H3. The second-order valence-corrected chi connectivity index (χ2v) is 4.30. The maximum atomic E-state index is 12.0. The van der Waals surface area contributed by atoms with E-state index < -0.39 is 0 Å². The third-order valence-electron chi connectivity index (χ3n) is 2.99. The predicted octanol–water partition coefficient (Wildman–Crippen LogP) is 1.83. The summed E-state index contributed by atoms with van der Waals surface area (Å²) < 4.78 is 12.3. The molecular formula is C15H19NO4. The minimum Gasteiger partial charge on any atom is -0.461 e. The van der Waals surface area contributed by atoms with Gasteiger partial charge < -0.3 is 19.1 Å². The van der Waals surface area contributed by atoms with Crippen LogP contribution in [0.3, 0.4) is 0 Å². The van der Waals surface area contributed by atoms with E-state index in [1.165, 1.54) is 0 Å². The van der Waals surface area contributed by atoms with Crippen molar-refractivity contribution in [1.29, 1.82) is 0 Å². The lowest BCUT2D eigenvalue weighted by Crippen LogP contribution is -2.15. The molecule has 2 aromatic rings. The van der Waals surface area contributed by atoms with Crippen LogP contribution in [0.2, 0.25) is 0 Å². The van der Waals surface area contributed by atoms with Crippen molar-refractivity contribution < 1.29 is 19.4 Å². The van der Waals surface area contributed by atoms with Crippen LogP contribution in [0, 0.1) is 0 Å². The Balaban J connectivity index is 2.27. The van der Waals surface area contributed by atoms with Crippen molar-refractivity contribution in [2.75, 3.05) is 26.4 Å². The first-order chi connectivity index (χ1) is 9.77. The largest absolute Gasteiger partial charge is 0.461 e. The van der Waals surface area contributed by atoms with E-state index in [0.717, 1.165) is 10.9 Å². The molecule has 2 rings (SSSR count). The molecule has 0 bridgehead atoms. The van der Waals surface area contributed by atoms with Gasteiger partial charge in [0.05, 0.1) is 26.4 Å². The Hall–Kier alpha value is -1.85. The van der Waals surface area contributed by atoms with Crippen molar-refractivity contribution in [3.05, 3.63) is 36.0 Å². The van der Waals surface area contributed by atoms with Crippen LogP contribution in [0.15, 0.2) is 30.3 Å². The number of hydrogen-bond acceptors (Lipinski definition) is 4. The minimum atomic E-state index is -0.328. The Bertz CT molecular complexity index is 576. The zero-order valence-electron chi connectivity index (χ0n) is 11.5. The van der Waals surface area contributed by atoms with E-state index in [1.807, 2.05) is 34.9 Å². The van der Waals surface area contributed by atoms with Crippen LogP contribution < -0.4 is 0 Å². The summed E-state index contributed by atoms with van der Waals surface area (Å²) >= 11 is 0. The Kier molecular flexibility index (Phi) is 5.15. The number of aliphatic hydroxyl groups is 1. The van der Waals surface area contributed by atoms with Crippen molar-refractivity contribution in [2.24, 2.45) is 0 Å². The van der Waals surface area contributed by atoms with Gasteiger partial charge in [-0.15, -0.1) is 0 Å². The molecule has 5 nitrogen and oxygen atoms in total. The number of fused-ring (bicyclic) bond motifs is 1. The van der Waals surface area contributed by atoms with E-state index in [9.17, 15) is 4.79 Å². The molecule has 0 spiro atoms. The van der Waals surface area contributed by atoms with E-state index >= 15 is 0 Å². The van der Waals surface area contributed by atoms with Crippen molar-refractivity contribution in [2.45, 2.75) is 13.5 Å². The van der Waals surface area contributed by atoms with Crippen molar-refractivity contribution in [3.63, 3.8) is 0 Å². The molecule has 108 valence electrons. The van der Waals surface area contributed by atoms with Gasteiger partial charge in [0.15, 0.2) is 0 Å². The van der Waals surface area contributed by atoms with Crippen LogP contribution in [0.4, 0.5) is 0 Å². The summed E-state index contributed by atoms with van der Waals surface area (Å²) in [6.07, 6.45) is 0. The smallest absolute Gasteiger partial charge is 0.354 e. The lowest BCUT2D eigenvalue weighted by molar-refractivity contribution is 0.0507. The zero-order chi connectivity index (χ0) is 14.4. The summed E-state index contributed by atoms with van der Waals surface area (Å²) in [5.41, 5.74) is 1.50. The van der Waals surface area contributed by atoms with Crippen LogP contribution in [-0.4, -0.2) is 42.1 Å². The summed E-state index contributed by atoms with van der Waals surface area (Å²) in [6, 6.07) is 9.62. The topological polar surface area (TPSA) is 60.7 Å². The number of para-hydroxylation sites is 1. The quantitative estimate of drug-likeness (QED) is 0.619. The number of ether oxygens (including phenoxy) is 2. The van der Waals surface area contributed by atoms with E-state index in [2.05, 4.69) is 0 Å². The number of esters is 1. The van der Waals surface area contributed by atoms with Crippen LogP contribution in [-0.2, 0) is 16.0 Å². The molecule has 0 unspecified atom stereocenters. The number of nitrogens with zero attached hydrogens (tertiary/aromatic N) is 1. The number of rotatable bonds is 7. The zero-order valence-corrected chi connectivity index (χ0v) is 11.5. The van der Waals surface area contributed by atoms with Crippen molar-refractivity contribution in [1.82, 2.24) is 4.57 Å². The van der Waals surface area contributed by atoms with Gasteiger partial charge in [-0.05, 0) is 19.1 Å². The van der Waals surface area contributed by atoms with Gasteiger partial charge in [-0.3, -0.25) is 0 Å². The highest BCUT2D eigenvalue weighted by molar-refractivity contribution is 5.95. The highest BCUT2D eigenvalue weighted by Crippen LogP contribution is 2.20. The molecular weight excluding hydrogens is 258 g/mol. The van der Waals surface area contributed by atoms with Gasteiger partial charge in [-0.25, -0.2) is 4.79 Å². The molecule has 1 heterocycles. The summed E-state index contributed by atoms with van der Waals surface area (Å²) in [6.45, 7) is 3.41. The van der Waals surface area contributed by atoms with Crippen molar-refractivity contribution >= 4 is 16.9 Å². The van der Waals surface area contributed by atoms with Gasteiger partial charge in [0.2, 0.25) is 0 Å². The lowest BCUT2D eigenvalue weighted by atomic mass is 10.2. The first kappa shape index (κ1) is 14.6. The summed E-state index contributed by atoms with van der Waals surface area (Å²) in [5.74, 6) is -0.328. The summed E-state index contributed by atoms with van der Waals surface area (Å²) in [4.78, 5) is 12.0. The molecule has 0 aliphatic heterocycles. The average Bonchev–Trinajstić information content (AvgIpc) is 2.83. The molecule has 0 radical (unpaired) electrons. The Morgan fingerprint density at radius 2 is 2.10 bits per heavy atom. The first-order valence-corrected chi connectivity index (χ1v) is 6.72. The van der Waals surface area contributed by atoms with Gasteiger partial charge in [0.1, 0.15) is 5.69 Å². The normalized spacial score (nSPS) is 10.9. The van der Waals surface area contributed by atoms with E-state index in [-0.39, 0.29) is 12.6 Å². The molecule has 0 fully saturated rings. The number of benzene rings is 1. The van der Waals surface area contributed by atoms with Gasteiger partial charge in [-0.2, -0.15) is 0 Å². The number of aliphatic hydroxyl groups excluding tert-OH is 1. The third-order valence-corrected chi connectivity index (χ3v) is 2.99. The molecule has 0 aliphatic rings. The fourth-order valence-electron chi connectivity index (χ4n) is 2.15. The monoisotopic (exact) mass is 277 g/mol. The maximum absolute atomic E-state index is 12.0. The molecule has 0 amide bonds. The van der Waals surface area contributed by atoms with Crippen LogP contribution in [0.25, 0.3) is 10.9 Å². The van der Waals surface area contributed by atoms with Crippen LogP contribution >= 0.6 is 0 Å². The molecule has 5 heteroatoms. The predicted molar refractivity (Wildman–Crippen MR) is 75.8 cm³/mol. The van der Waals surface area contributed by atoms with Gasteiger partial charge in [0.25, 0.3) is 0 Å². The first-order valence-electron chi connectivity index (χ1n) is 6.72.